The Bertz CT molecular complexity index is 198. The molecule has 4 heteroatoms. The van der Waals surface area contributed by atoms with Crippen LogP contribution in [0.1, 0.15) is 25.7 Å². The Kier molecular flexibility index (Phi) is 14.3. The Hall–Kier alpha value is -0.890. The summed E-state index contributed by atoms with van der Waals surface area (Å²) in [5.41, 5.74) is 0. The summed E-state index contributed by atoms with van der Waals surface area (Å²) in [6.45, 7) is 3.50. The molecule has 0 bridgehead atoms. The highest BCUT2D eigenvalue weighted by Crippen LogP contribution is 1.97. The van der Waals surface area contributed by atoms with Gasteiger partial charge in [0, 0.05) is 19.6 Å². The van der Waals surface area contributed by atoms with Gasteiger partial charge in [-0.25, -0.2) is 0 Å². The van der Waals surface area contributed by atoms with Crippen LogP contribution in [0.2, 0.25) is 0 Å². The van der Waals surface area contributed by atoms with E-state index in [2.05, 4.69) is 5.92 Å². The minimum atomic E-state index is 0.349. The average Bonchev–Trinajstić information content (AvgIpc) is 2.35. The molecule has 0 aromatic heterocycles. The molecule has 98 valence electrons. The van der Waals surface area contributed by atoms with Gasteiger partial charge in [0.2, 0.25) is 0 Å². The first-order chi connectivity index (χ1) is 8.41. The van der Waals surface area contributed by atoms with Gasteiger partial charge in [0.1, 0.15) is 12.9 Å². The Labute approximate surface area is 104 Å². The summed E-state index contributed by atoms with van der Waals surface area (Å²) < 4.78 is 15.6. The number of ether oxygens (including phenoxy) is 3. The van der Waals surface area contributed by atoms with Crippen LogP contribution in [0.5, 0.6) is 0 Å². The van der Waals surface area contributed by atoms with Gasteiger partial charge < -0.3 is 19.0 Å². The van der Waals surface area contributed by atoms with Crippen LogP contribution in [0.25, 0.3) is 0 Å². The van der Waals surface area contributed by atoms with Crippen LogP contribution >= 0.6 is 0 Å². The van der Waals surface area contributed by atoms with Crippen molar-refractivity contribution in [3.8, 4) is 12.3 Å². The second-order valence-electron chi connectivity index (χ2n) is 3.50. The van der Waals surface area contributed by atoms with Crippen LogP contribution in [0.15, 0.2) is 0 Å². The quantitative estimate of drug-likeness (QED) is 0.278. The fourth-order valence-electron chi connectivity index (χ4n) is 1.17. The maximum absolute atomic E-state index is 9.99. The van der Waals surface area contributed by atoms with Crippen molar-refractivity contribution in [1.82, 2.24) is 0 Å². The molecule has 0 radical (unpaired) electrons. The molecule has 0 amide bonds. The molecule has 4 nitrogen and oxygen atoms in total. The van der Waals surface area contributed by atoms with Crippen molar-refractivity contribution >= 4 is 6.29 Å². The fourth-order valence-corrected chi connectivity index (χ4v) is 1.17. The molecule has 0 aromatic carbocycles. The summed E-state index contributed by atoms with van der Waals surface area (Å²) in [5.74, 6) is 2.39. The lowest BCUT2D eigenvalue weighted by Crippen LogP contribution is -2.05. The van der Waals surface area contributed by atoms with Crippen LogP contribution in [0.3, 0.4) is 0 Å². The third-order valence-corrected chi connectivity index (χ3v) is 2.01. The van der Waals surface area contributed by atoms with E-state index in [1.807, 2.05) is 0 Å². The van der Waals surface area contributed by atoms with E-state index < -0.39 is 0 Å². The normalized spacial score (nSPS) is 10.1. The lowest BCUT2D eigenvalue weighted by Gasteiger charge is -2.04. The average molecular weight is 242 g/mol. The highest BCUT2D eigenvalue weighted by Gasteiger charge is 1.92. The molecule has 0 aliphatic rings. The highest BCUT2D eigenvalue weighted by atomic mass is 16.5. The zero-order chi connectivity index (χ0) is 12.6. The lowest BCUT2D eigenvalue weighted by molar-refractivity contribution is -0.108. The molecule has 0 aromatic rings. The number of hydrogen-bond acceptors (Lipinski definition) is 4. The smallest absolute Gasteiger partial charge is 0.122 e. The molecule has 0 rings (SSSR count). The monoisotopic (exact) mass is 242 g/mol. The third-order valence-electron chi connectivity index (χ3n) is 2.01. The topological polar surface area (TPSA) is 44.8 Å². The van der Waals surface area contributed by atoms with Gasteiger partial charge in [-0.1, -0.05) is 5.92 Å². The Morgan fingerprint density at radius 1 is 0.882 bits per heavy atom. The molecular formula is C13H22O4. The molecule has 0 unspecified atom stereocenters. The SMILES string of the molecule is C#CCOCCOCCCCCOCCC=O. The molecule has 0 saturated carbocycles. The zero-order valence-corrected chi connectivity index (χ0v) is 10.4. The minimum absolute atomic E-state index is 0.349. The lowest BCUT2D eigenvalue weighted by atomic mass is 10.2. The van der Waals surface area contributed by atoms with Crippen LogP contribution < -0.4 is 0 Å². The van der Waals surface area contributed by atoms with E-state index in [-0.39, 0.29) is 0 Å². The van der Waals surface area contributed by atoms with Crippen molar-refractivity contribution < 1.29 is 19.0 Å². The van der Waals surface area contributed by atoms with Crippen LogP contribution in [0.4, 0.5) is 0 Å². The van der Waals surface area contributed by atoms with Gasteiger partial charge in [-0.3, -0.25) is 0 Å². The molecule has 0 spiro atoms. The number of unbranched alkanes of at least 4 members (excludes halogenated alkanes) is 2. The van der Waals surface area contributed by atoms with Crippen LogP contribution in [-0.4, -0.2) is 45.9 Å². The van der Waals surface area contributed by atoms with Gasteiger partial charge in [0.15, 0.2) is 0 Å². The number of terminal acetylenes is 1. The van der Waals surface area contributed by atoms with Crippen LogP contribution in [-0.2, 0) is 19.0 Å². The van der Waals surface area contributed by atoms with Gasteiger partial charge >= 0.3 is 0 Å². The van der Waals surface area contributed by atoms with E-state index >= 15 is 0 Å². The molecule has 0 atom stereocenters. The third kappa shape index (κ3) is 15.1. The summed E-state index contributed by atoms with van der Waals surface area (Å²) in [6.07, 6.45) is 9.48. The predicted molar refractivity (Wildman–Crippen MR) is 65.8 cm³/mol. The van der Waals surface area contributed by atoms with Crippen molar-refractivity contribution in [2.45, 2.75) is 25.7 Å². The second kappa shape index (κ2) is 15.1. The van der Waals surface area contributed by atoms with Gasteiger partial charge in [-0.15, -0.1) is 6.42 Å². The van der Waals surface area contributed by atoms with Crippen molar-refractivity contribution in [2.24, 2.45) is 0 Å². The second-order valence-corrected chi connectivity index (χ2v) is 3.50. The van der Waals surface area contributed by atoms with Crippen molar-refractivity contribution in [1.29, 1.82) is 0 Å². The van der Waals surface area contributed by atoms with Crippen LogP contribution in [0, 0.1) is 12.3 Å². The van der Waals surface area contributed by atoms with E-state index in [0.29, 0.717) is 32.8 Å². The van der Waals surface area contributed by atoms with Crippen molar-refractivity contribution in [3.05, 3.63) is 0 Å². The van der Waals surface area contributed by atoms with Gasteiger partial charge in [0.25, 0.3) is 0 Å². The summed E-state index contributed by atoms with van der Waals surface area (Å²) in [5, 5.41) is 0. The fraction of sp³-hybridized carbons (Fsp3) is 0.769. The summed E-state index contributed by atoms with van der Waals surface area (Å²) in [6, 6.07) is 0. The summed E-state index contributed by atoms with van der Waals surface area (Å²) >= 11 is 0. The predicted octanol–water partition coefficient (Wildman–Crippen LogP) is 1.43. The molecule has 0 aliphatic carbocycles. The van der Waals surface area contributed by atoms with E-state index in [4.69, 9.17) is 20.6 Å². The molecule has 0 heterocycles. The molecule has 0 saturated heterocycles. The first-order valence-electron chi connectivity index (χ1n) is 6.02. The molecular weight excluding hydrogens is 220 g/mol. The summed E-state index contributed by atoms with van der Waals surface area (Å²) in [7, 11) is 0. The molecule has 0 fully saturated rings. The summed E-state index contributed by atoms with van der Waals surface area (Å²) in [4.78, 5) is 9.99. The van der Waals surface area contributed by atoms with E-state index in [1.54, 1.807) is 0 Å². The maximum Gasteiger partial charge on any atom is 0.122 e. The van der Waals surface area contributed by atoms with E-state index in [9.17, 15) is 4.79 Å². The number of carbonyl (C=O) groups is 1. The number of aldehydes is 1. The molecule has 17 heavy (non-hydrogen) atoms. The molecule has 0 aliphatic heterocycles. The zero-order valence-electron chi connectivity index (χ0n) is 10.4. The van der Waals surface area contributed by atoms with Crippen molar-refractivity contribution in [3.63, 3.8) is 0 Å². The first kappa shape index (κ1) is 16.1. The Morgan fingerprint density at radius 2 is 1.53 bits per heavy atom. The molecule has 0 N–H and O–H groups in total. The Balaban J connectivity index is 2.89. The van der Waals surface area contributed by atoms with Gasteiger partial charge in [0.05, 0.1) is 19.8 Å². The Morgan fingerprint density at radius 3 is 2.18 bits per heavy atom. The number of carbonyl (C=O) groups excluding carboxylic acids is 1. The van der Waals surface area contributed by atoms with Gasteiger partial charge in [-0.2, -0.15) is 0 Å². The standard InChI is InChI=1S/C13H22O4/c1-2-8-15-12-13-17-10-5-3-4-9-16-11-6-7-14/h1,7H,3-6,8-13H2. The van der Waals surface area contributed by atoms with Gasteiger partial charge in [-0.05, 0) is 19.3 Å². The number of hydrogen-bond donors (Lipinski definition) is 0. The van der Waals surface area contributed by atoms with E-state index in [0.717, 1.165) is 38.8 Å². The number of rotatable bonds is 13. The largest absolute Gasteiger partial charge is 0.381 e. The van der Waals surface area contributed by atoms with E-state index in [1.165, 1.54) is 0 Å². The first-order valence-corrected chi connectivity index (χ1v) is 6.02. The van der Waals surface area contributed by atoms with Crippen molar-refractivity contribution in [2.75, 3.05) is 39.6 Å². The minimum Gasteiger partial charge on any atom is -0.381 e. The maximum atomic E-state index is 9.99. The highest BCUT2D eigenvalue weighted by molar-refractivity contribution is 5.49.